The fourth-order valence-corrected chi connectivity index (χ4v) is 2.32. The summed E-state index contributed by atoms with van der Waals surface area (Å²) in [5.41, 5.74) is 2.31. The van der Waals surface area contributed by atoms with Crippen molar-refractivity contribution in [2.24, 2.45) is 0 Å². The van der Waals surface area contributed by atoms with Crippen molar-refractivity contribution in [1.82, 2.24) is 0 Å². The van der Waals surface area contributed by atoms with Crippen LogP contribution in [-0.2, 0) is 10.8 Å². The van der Waals surface area contributed by atoms with Crippen LogP contribution in [0.2, 0.25) is 0 Å². The van der Waals surface area contributed by atoms with E-state index in [9.17, 15) is 0 Å². The van der Waals surface area contributed by atoms with E-state index < -0.39 is 0 Å². The first-order valence-electron chi connectivity index (χ1n) is 6.03. The van der Waals surface area contributed by atoms with Crippen LogP contribution in [0.4, 0.5) is 0 Å². The van der Waals surface area contributed by atoms with Crippen molar-refractivity contribution < 1.29 is 9.05 Å². The first kappa shape index (κ1) is 15.7. The third-order valence-electron chi connectivity index (χ3n) is 2.95. The predicted molar refractivity (Wildman–Crippen MR) is 84.5 cm³/mol. The molecule has 2 unspecified atom stereocenters. The normalized spacial score (nSPS) is 12.4. The van der Waals surface area contributed by atoms with Crippen LogP contribution in [0.1, 0.15) is 52.7 Å². The van der Waals surface area contributed by atoms with Gasteiger partial charge in [0.05, 0.1) is 18.9 Å². The fraction of sp³-hybridized carbons (Fsp3) is 0.571. The average Bonchev–Trinajstić information content (AvgIpc) is 2.24. The van der Waals surface area contributed by atoms with E-state index >= 15 is 0 Å². The molecule has 4 heteroatoms. The number of hydrogen-bond acceptors (Lipinski definition) is 2. The predicted octanol–water partition coefficient (Wildman–Crippen LogP) is 4.62. The van der Waals surface area contributed by atoms with Crippen LogP contribution >= 0.6 is 18.9 Å². The monoisotopic (exact) mass is 286 g/mol. The maximum Gasteiger partial charge on any atom is 0.126 e. The van der Waals surface area contributed by atoms with E-state index in [0.29, 0.717) is 0 Å². The lowest BCUT2D eigenvalue weighted by Crippen LogP contribution is -2.16. The number of rotatable bonds is 2. The molecule has 1 aromatic carbocycles. The molecule has 0 saturated heterocycles. The fourth-order valence-electron chi connectivity index (χ4n) is 1.93. The molecule has 2 atom stereocenters. The van der Waals surface area contributed by atoms with Crippen LogP contribution in [0.15, 0.2) is 12.1 Å². The van der Waals surface area contributed by atoms with Gasteiger partial charge in [-0.25, -0.2) is 0 Å². The molecule has 0 amide bonds. The van der Waals surface area contributed by atoms with Gasteiger partial charge in [-0.3, -0.25) is 0 Å². The Kier molecular flexibility index (Phi) is 4.68. The molecule has 102 valence electrons. The lowest BCUT2D eigenvalue weighted by Gasteiger charge is -2.28. The SMILES string of the molecule is CC(C)(C)c1cc(OP)c(C(C)(C)C)cc1OP. The zero-order chi connectivity index (χ0) is 14.1. The highest BCUT2D eigenvalue weighted by Crippen LogP contribution is 2.42. The Morgan fingerprint density at radius 1 is 0.722 bits per heavy atom. The summed E-state index contributed by atoms with van der Waals surface area (Å²) in [5.74, 6) is 1.78. The highest BCUT2D eigenvalue weighted by Gasteiger charge is 2.26. The Labute approximate surface area is 115 Å². The molecular formula is C14H24O2P2. The minimum Gasteiger partial charge on any atom is -0.480 e. The molecule has 0 spiro atoms. The van der Waals surface area contributed by atoms with E-state index in [1.807, 2.05) is 0 Å². The molecule has 0 aliphatic carbocycles. The minimum absolute atomic E-state index is 0.0142. The quantitative estimate of drug-likeness (QED) is 0.739. The van der Waals surface area contributed by atoms with Gasteiger partial charge >= 0.3 is 0 Å². The van der Waals surface area contributed by atoms with Gasteiger partial charge in [0.15, 0.2) is 0 Å². The van der Waals surface area contributed by atoms with Crippen LogP contribution in [0.5, 0.6) is 11.5 Å². The highest BCUT2D eigenvalue weighted by molar-refractivity contribution is 7.10. The van der Waals surface area contributed by atoms with Gasteiger partial charge in [-0.1, -0.05) is 41.5 Å². The second-order valence-corrected chi connectivity index (χ2v) is 7.05. The molecule has 0 aliphatic heterocycles. The lowest BCUT2D eigenvalue weighted by atomic mass is 9.81. The maximum absolute atomic E-state index is 5.46. The minimum atomic E-state index is 0.0142. The molecule has 18 heavy (non-hydrogen) atoms. The molecule has 0 N–H and O–H groups in total. The van der Waals surface area contributed by atoms with E-state index in [2.05, 4.69) is 72.6 Å². The maximum atomic E-state index is 5.46. The Morgan fingerprint density at radius 2 is 1.00 bits per heavy atom. The first-order valence-corrected chi connectivity index (χ1v) is 6.98. The van der Waals surface area contributed by atoms with Gasteiger partial charge in [0.1, 0.15) is 11.5 Å². The van der Waals surface area contributed by atoms with Crippen molar-refractivity contribution in [2.45, 2.75) is 52.4 Å². The summed E-state index contributed by atoms with van der Waals surface area (Å²) in [6.07, 6.45) is 0. The Bertz CT molecular complexity index is 387. The summed E-state index contributed by atoms with van der Waals surface area (Å²) in [7, 11) is 4.67. The summed E-state index contributed by atoms with van der Waals surface area (Å²) in [4.78, 5) is 0. The van der Waals surface area contributed by atoms with Crippen molar-refractivity contribution in [3.8, 4) is 11.5 Å². The van der Waals surface area contributed by atoms with Crippen molar-refractivity contribution in [3.63, 3.8) is 0 Å². The third kappa shape index (κ3) is 3.37. The van der Waals surface area contributed by atoms with E-state index in [-0.39, 0.29) is 10.8 Å². The van der Waals surface area contributed by atoms with Crippen LogP contribution in [0, 0.1) is 0 Å². The molecule has 2 nitrogen and oxygen atoms in total. The molecule has 0 aliphatic rings. The van der Waals surface area contributed by atoms with Crippen molar-refractivity contribution in [3.05, 3.63) is 23.3 Å². The molecule has 0 heterocycles. The molecule has 1 rings (SSSR count). The Balaban J connectivity index is 3.52. The second-order valence-electron chi connectivity index (χ2n) is 6.58. The second kappa shape index (κ2) is 5.35. The molecule has 0 bridgehead atoms. The molecule has 0 fully saturated rings. The van der Waals surface area contributed by atoms with Gasteiger partial charge in [0.25, 0.3) is 0 Å². The summed E-state index contributed by atoms with van der Waals surface area (Å²) in [6.45, 7) is 13.0. The van der Waals surface area contributed by atoms with Gasteiger partial charge in [0.2, 0.25) is 0 Å². The molecule has 0 saturated carbocycles. The lowest BCUT2D eigenvalue weighted by molar-refractivity contribution is 0.514. The Hall–Kier alpha value is -0.320. The zero-order valence-corrected chi connectivity index (χ0v) is 14.4. The summed E-state index contributed by atoms with van der Waals surface area (Å²) in [6, 6.07) is 4.15. The average molecular weight is 286 g/mol. The van der Waals surface area contributed by atoms with Crippen LogP contribution in [0.3, 0.4) is 0 Å². The smallest absolute Gasteiger partial charge is 0.126 e. The molecule has 1 aromatic rings. The van der Waals surface area contributed by atoms with E-state index in [1.54, 1.807) is 0 Å². The van der Waals surface area contributed by atoms with Gasteiger partial charge in [-0.15, -0.1) is 0 Å². The molecule has 0 radical (unpaired) electrons. The van der Waals surface area contributed by atoms with E-state index in [1.165, 1.54) is 0 Å². The zero-order valence-electron chi connectivity index (χ0n) is 12.1. The largest absolute Gasteiger partial charge is 0.480 e. The van der Waals surface area contributed by atoms with Crippen LogP contribution in [0.25, 0.3) is 0 Å². The van der Waals surface area contributed by atoms with Gasteiger partial charge in [0, 0.05) is 11.1 Å². The van der Waals surface area contributed by atoms with Gasteiger partial charge < -0.3 is 9.05 Å². The first-order chi connectivity index (χ1) is 8.11. The van der Waals surface area contributed by atoms with Crippen molar-refractivity contribution in [1.29, 1.82) is 0 Å². The van der Waals surface area contributed by atoms with Crippen molar-refractivity contribution in [2.75, 3.05) is 0 Å². The summed E-state index contributed by atoms with van der Waals surface area (Å²) < 4.78 is 10.9. The number of benzene rings is 1. The van der Waals surface area contributed by atoms with Crippen LogP contribution < -0.4 is 9.05 Å². The topological polar surface area (TPSA) is 18.5 Å². The molecular weight excluding hydrogens is 262 g/mol. The van der Waals surface area contributed by atoms with Gasteiger partial charge in [-0.05, 0) is 23.0 Å². The Morgan fingerprint density at radius 3 is 1.17 bits per heavy atom. The molecule has 0 aromatic heterocycles. The van der Waals surface area contributed by atoms with Crippen LogP contribution in [-0.4, -0.2) is 0 Å². The van der Waals surface area contributed by atoms with Crippen molar-refractivity contribution >= 4 is 18.9 Å². The number of hydrogen-bond donors (Lipinski definition) is 0. The summed E-state index contributed by atoms with van der Waals surface area (Å²) in [5, 5.41) is 0. The van der Waals surface area contributed by atoms with Gasteiger partial charge in [-0.2, -0.15) is 0 Å². The standard InChI is InChI=1S/C14H24O2P2/c1-13(2,3)9-7-12(16-18)10(14(4,5)6)8-11(9)15-17/h7-8H,17-18H2,1-6H3. The van der Waals surface area contributed by atoms with E-state index in [4.69, 9.17) is 9.05 Å². The highest BCUT2D eigenvalue weighted by atomic mass is 31.0. The third-order valence-corrected chi connectivity index (χ3v) is 3.46. The summed E-state index contributed by atoms with van der Waals surface area (Å²) >= 11 is 0. The van der Waals surface area contributed by atoms with E-state index in [0.717, 1.165) is 22.6 Å².